The SMILES string of the molecule is COCC(N)C(=O)N1CCC(NS(=O)(=O)c2ccc(F)cc2)CC1. The van der Waals surface area contributed by atoms with Crippen LogP contribution in [0.25, 0.3) is 0 Å². The van der Waals surface area contributed by atoms with E-state index >= 15 is 0 Å². The second-order valence-electron chi connectivity index (χ2n) is 5.74. The minimum atomic E-state index is -3.70. The molecule has 1 heterocycles. The van der Waals surface area contributed by atoms with Crippen molar-refractivity contribution in [2.75, 3.05) is 26.8 Å². The van der Waals surface area contributed by atoms with Gasteiger partial charge in [0.1, 0.15) is 11.9 Å². The Labute approximate surface area is 141 Å². The maximum absolute atomic E-state index is 12.9. The predicted octanol–water partition coefficient (Wildman–Crippen LogP) is 0.0687. The summed E-state index contributed by atoms with van der Waals surface area (Å²) >= 11 is 0. The van der Waals surface area contributed by atoms with Crippen LogP contribution in [0.5, 0.6) is 0 Å². The largest absolute Gasteiger partial charge is 0.383 e. The van der Waals surface area contributed by atoms with Gasteiger partial charge in [-0.2, -0.15) is 0 Å². The molecule has 1 aliphatic heterocycles. The molecule has 1 aromatic rings. The minimum Gasteiger partial charge on any atom is -0.383 e. The zero-order valence-electron chi connectivity index (χ0n) is 13.4. The van der Waals surface area contributed by atoms with Gasteiger partial charge in [0, 0.05) is 26.2 Å². The standard InChI is InChI=1S/C15H22FN3O4S/c1-23-10-14(17)15(20)19-8-6-12(7-9-19)18-24(21,22)13-4-2-11(16)3-5-13/h2-5,12,14,18H,6-10,17H2,1H3. The molecule has 0 radical (unpaired) electrons. The Bertz CT molecular complexity index is 658. The van der Waals surface area contributed by atoms with Crippen LogP contribution in [0.3, 0.4) is 0 Å². The second-order valence-corrected chi connectivity index (χ2v) is 7.45. The molecule has 9 heteroatoms. The van der Waals surface area contributed by atoms with Crippen molar-refractivity contribution < 1.29 is 22.3 Å². The number of nitrogens with zero attached hydrogens (tertiary/aromatic N) is 1. The molecule has 0 saturated carbocycles. The van der Waals surface area contributed by atoms with Gasteiger partial charge in [0.15, 0.2) is 0 Å². The lowest BCUT2D eigenvalue weighted by Crippen LogP contribution is -2.52. The Morgan fingerprint density at radius 2 is 1.96 bits per heavy atom. The number of carbonyl (C=O) groups is 1. The molecule has 2 rings (SSSR count). The number of nitrogens with two attached hydrogens (primary N) is 1. The van der Waals surface area contributed by atoms with Gasteiger partial charge in [-0.25, -0.2) is 17.5 Å². The number of rotatable bonds is 6. The molecule has 0 spiro atoms. The number of sulfonamides is 1. The van der Waals surface area contributed by atoms with Crippen LogP contribution in [0.2, 0.25) is 0 Å². The molecule has 134 valence electrons. The highest BCUT2D eigenvalue weighted by Gasteiger charge is 2.28. The monoisotopic (exact) mass is 359 g/mol. The number of hydrogen-bond donors (Lipinski definition) is 2. The molecule has 1 unspecified atom stereocenters. The highest BCUT2D eigenvalue weighted by atomic mass is 32.2. The molecule has 7 nitrogen and oxygen atoms in total. The molecule has 3 N–H and O–H groups in total. The Morgan fingerprint density at radius 3 is 2.50 bits per heavy atom. The number of benzene rings is 1. The van der Waals surface area contributed by atoms with E-state index in [2.05, 4.69) is 4.72 Å². The molecule has 0 aliphatic carbocycles. The highest BCUT2D eigenvalue weighted by Crippen LogP contribution is 2.16. The van der Waals surface area contributed by atoms with Crippen molar-refractivity contribution in [1.82, 2.24) is 9.62 Å². The average Bonchev–Trinajstić information content (AvgIpc) is 2.55. The number of carbonyl (C=O) groups excluding carboxylic acids is 1. The van der Waals surface area contributed by atoms with E-state index in [9.17, 15) is 17.6 Å². The smallest absolute Gasteiger partial charge is 0.241 e. The summed E-state index contributed by atoms with van der Waals surface area (Å²) in [6.07, 6.45) is 0.984. The van der Waals surface area contributed by atoms with E-state index in [1.165, 1.54) is 19.2 Å². The molecule has 0 bridgehead atoms. The third-order valence-corrected chi connectivity index (χ3v) is 5.45. The molecule has 1 saturated heterocycles. The number of ether oxygens (including phenoxy) is 1. The van der Waals surface area contributed by atoms with Gasteiger partial charge >= 0.3 is 0 Å². The number of halogens is 1. The zero-order chi connectivity index (χ0) is 17.7. The van der Waals surface area contributed by atoms with Crippen LogP contribution in [0, 0.1) is 5.82 Å². The first-order valence-corrected chi connectivity index (χ1v) is 9.13. The van der Waals surface area contributed by atoms with Gasteiger partial charge in [-0.15, -0.1) is 0 Å². The van der Waals surface area contributed by atoms with E-state index in [4.69, 9.17) is 10.5 Å². The summed E-state index contributed by atoms with van der Waals surface area (Å²) in [6, 6.07) is 3.67. The number of piperidine rings is 1. The Kier molecular flexibility index (Phi) is 6.27. The maximum atomic E-state index is 12.9. The fraction of sp³-hybridized carbons (Fsp3) is 0.533. The number of amides is 1. The van der Waals surface area contributed by atoms with Crippen LogP contribution in [0.15, 0.2) is 29.2 Å². The summed E-state index contributed by atoms with van der Waals surface area (Å²) in [4.78, 5) is 13.7. The number of likely N-dealkylation sites (tertiary alicyclic amines) is 1. The third-order valence-electron chi connectivity index (χ3n) is 3.92. The predicted molar refractivity (Wildman–Crippen MR) is 86.2 cm³/mol. The van der Waals surface area contributed by atoms with Gasteiger partial charge in [0.25, 0.3) is 0 Å². The Morgan fingerprint density at radius 1 is 1.38 bits per heavy atom. The van der Waals surface area contributed by atoms with Gasteiger partial charge in [-0.05, 0) is 37.1 Å². The topological polar surface area (TPSA) is 102 Å². The molecule has 1 fully saturated rings. The van der Waals surface area contributed by atoms with E-state index < -0.39 is 21.9 Å². The van der Waals surface area contributed by atoms with Gasteiger partial charge < -0.3 is 15.4 Å². The fourth-order valence-corrected chi connectivity index (χ4v) is 3.91. The molecule has 1 aromatic carbocycles. The summed E-state index contributed by atoms with van der Waals surface area (Å²) in [5.74, 6) is -0.690. The number of nitrogens with one attached hydrogen (secondary N) is 1. The normalized spacial score (nSPS) is 17.7. The fourth-order valence-electron chi connectivity index (χ4n) is 2.60. The summed E-state index contributed by atoms with van der Waals surface area (Å²) < 4.78 is 44.9. The van der Waals surface area contributed by atoms with Gasteiger partial charge in [-0.3, -0.25) is 4.79 Å². The third kappa shape index (κ3) is 4.73. The molecule has 1 atom stereocenters. The van der Waals surface area contributed by atoms with Crippen LogP contribution in [-0.4, -0.2) is 58.1 Å². The van der Waals surface area contributed by atoms with Crippen LogP contribution < -0.4 is 10.5 Å². The quantitative estimate of drug-likeness (QED) is 0.748. The number of hydrogen-bond acceptors (Lipinski definition) is 5. The van der Waals surface area contributed by atoms with Crippen molar-refractivity contribution in [3.05, 3.63) is 30.1 Å². The Balaban J connectivity index is 1.91. The van der Waals surface area contributed by atoms with E-state index in [0.29, 0.717) is 25.9 Å². The van der Waals surface area contributed by atoms with Gasteiger partial charge in [0.05, 0.1) is 11.5 Å². The molecule has 24 heavy (non-hydrogen) atoms. The van der Waals surface area contributed by atoms with Crippen molar-refractivity contribution in [3.8, 4) is 0 Å². The molecule has 1 amide bonds. The lowest BCUT2D eigenvalue weighted by molar-refractivity contribution is -0.134. The van der Waals surface area contributed by atoms with E-state index in [0.717, 1.165) is 12.1 Å². The Hall–Kier alpha value is -1.55. The first-order valence-electron chi connectivity index (χ1n) is 7.64. The van der Waals surface area contributed by atoms with Crippen molar-refractivity contribution in [2.45, 2.75) is 29.8 Å². The molecular weight excluding hydrogens is 337 g/mol. The summed E-state index contributed by atoms with van der Waals surface area (Å²) in [5, 5.41) is 0. The highest BCUT2D eigenvalue weighted by molar-refractivity contribution is 7.89. The van der Waals surface area contributed by atoms with Crippen LogP contribution in [0.4, 0.5) is 4.39 Å². The minimum absolute atomic E-state index is 0.0181. The van der Waals surface area contributed by atoms with Crippen molar-refractivity contribution in [3.63, 3.8) is 0 Å². The average molecular weight is 359 g/mol. The maximum Gasteiger partial charge on any atom is 0.241 e. The number of methoxy groups -OCH3 is 1. The molecule has 0 aromatic heterocycles. The van der Waals surface area contributed by atoms with Gasteiger partial charge in [0.2, 0.25) is 15.9 Å². The summed E-state index contributed by atoms with van der Waals surface area (Å²) in [7, 11) is -2.23. The van der Waals surface area contributed by atoms with Crippen molar-refractivity contribution >= 4 is 15.9 Å². The van der Waals surface area contributed by atoms with Crippen LogP contribution in [-0.2, 0) is 19.6 Å². The van der Waals surface area contributed by atoms with E-state index in [-0.39, 0.29) is 23.5 Å². The first-order chi connectivity index (χ1) is 11.3. The lowest BCUT2D eigenvalue weighted by Gasteiger charge is -2.33. The zero-order valence-corrected chi connectivity index (χ0v) is 14.3. The van der Waals surface area contributed by atoms with Crippen LogP contribution >= 0.6 is 0 Å². The lowest BCUT2D eigenvalue weighted by atomic mass is 10.1. The van der Waals surface area contributed by atoms with Crippen molar-refractivity contribution in [2.24, 2.45) is 5.73 Å². The van der Waals surface area contributed by atoms with Crippen molar-refractivity contribution in [1.29, 1.82) is 0 Å². The molecular formula is C15H22FN3O4S. The first kappa shape index (κ1) is 18.8. The second kappa shape index (κ2) is 8.02. The summed E-state index contributed by atoms with van der Waals surface area (Å²) in [6.45, 7) is 0.996. The molecule has 1 aliphatic rings. The van der Waals surface area contributed by atoms with Gasteiger partial charge in [-0.1, -0.05) is 0 Å². The van der Waals surface area contributed by atoms with Crippen LogP contribution in [0.1, 0.15) is 12.8 Å². The van der Waals surface area contributed by atoms with E-state index in [1.54, 1.807) is 4.90 Å². The van der Waals surface area contributed by atoms with E-state index in [1.807, 2.05) is 0 Å². The summed E-state index contributed by atoms with van der Waals surface area (Å²) in [5.41, 5.74) is 5.72.